The average Bonchev–Trinajstić information content (AvgIpc) is 3.29. The van der Waals surface area contributed by atoms with Crippen molar-refractivity contribution in [3.8, 4) is 0 Å². The van der Waals surface area contributed by atoms with E-state index < -0.39 is 17.2 Å². The third kappa shape index (κ3) is 8.88. The van der Waals surface area contributed by atoms with Crippen molar-refractivity contribution < 1.29 is 28.6 Å². The van der Waals surface area contributed by atoms with Crippen molar-refractivity contribution in [1.29, 1.82) is 0 Å². The zero-order valence-corrected chi connectivity index (χ0v) is 30.8. The Morgan fingerprint density at radius 2 is 1.37 bits per heavy atom. The zero-order valence-electron chi connectivity index (χ0n) is 30.8. The molecule has 264 valence electrons. The monoisotopic (exact) mass is 645 g/mol. The number of rotatable bonds is 11. The molecule has 0 bridgehead atoms. The van der Waals surface area contributed by atoms with Gasteiger partial charge in [-0.15, -0.1) is 0 Å². The lowest BCUT2D eigenvalue weighted by molar-refractivity contribution is -0.164. The van der Waals surface area contributed by atoms with E-state index in [-0.39, 0.29) is 36.9 Å². The van der Waals surface area contributed by atoms with Gasteiger partial charge in [0.25, 0.3) is 0 Å². The number of carbonyl (C=O) groups excluding carboxylic acids is 3. The van der Waals surface area contributed by atoms with E-state index in [4.69, 9.17) is 19.9 Å². The Bertz CT molecular complexity index is 1080. The first-order valence-electron chi connectivity index (χ1n) is 18.7. The van der Waals surface area contributed by atoms with Crippen LogP contribution in [0.2, 0.25) is 0 Å². The molecule has 0 radical (unpaired) electrons. The van der Waals surface area contributed by atoms with Crippen LogP contribution in [0.1, 0.15) is 159 Å². The quantitative estimate of drug-likeness (QED) is 0.136. The lowest BCUT2D eigenvalue weighted by Gasteiger charge is -2.61. The fraction of sp³-hybridized carbons (Fsp3) is 0.923. The SMILES string of the molecule is C[C@H](CCCCC(=O)OC(C)(C)C)C1CCC2C3CCC4C[C@H](OC(=O)[C@@H](N)CCC(=O)OC(C)(C)C)CCC4(C)C3CCC21C. The summed E-state index contributed by atoms with van der Waals surface area (Å²) in [6, 6.07) is -0.796. The molecule has 0 aromatic rings. The number of carbonyl (C=O) groups is 3. The van der Waals surface area contributed by atoms with Gasteiger partial charge >= 0.3 is 17.9 Å². The summed E-state index contributed by atoms with van der Waals surface area (Å²) >= 11 is 0. The van der Waals surface area contributed by atoms with Crippen LogP contribution in [0.4, 0.5) is 0 Å². The molecule has 7 unspecified atom stereocenters. The largest absolute Gasteiger partial charge is 0.461 e. The third-order valence-electron chi connectivity index (χ3n) is 12.8. The van der Waals surface area contributed by atoms with E-state index in [1.807, 2.05) is 41.5 Å². The summed E-state index contributed by atoms with van der Waals surface area (Å²) in [4.78, 5) is 37.1. The van der Waals surface area contributed by atoms with Crippen LogP contribution in [0.15, 0.2) is 0 Å². The Hall–Kier alpha value is -1.63. The van der Waals surface area contributed by atoms with E-state index in [9.17, 15) is 14.4 Å². The van der Waals surface area contributed by atoms with Crippen LogP contribution in [0, 0.1) is 46.3 Å². The summed E-state index contributed by atoms with van der Waals surface area (Å²) in [6.07, 6.45) is 14.9. The second-order valence-electron chi connectivity index (χ2n) is 18.3. The van der Waals surface area contributed by atoms with Gasteiger partial charge in [-0.25, -0.2) is 0 Å². The Labute approximate surface area is 280 Å². The molecule has 7 heteroatoms. The number of fused-ring (bicyclic) bond motifs is 5. The zero-order chi connectivity index (χ0) is 34.1. The summed E-state index contributed by atoms with van der Waals surface area (Å²) in [5.74, 6) is 3.67. The maximum atomic E-state index is 12.9. The highest BCUT2D eigenvalue weighted by molar-refractivity contribution is 5.77. The highest BCUT2D eigenvalue weighted by Crippen LogP contribution is 2.68. The first-order valence-corrected chi connectivity index (χ1v) is 18.7. The van der Waals surface area contributed by atoms with Crippen molar-refractivity contribution in [2.24, 2.45) is 52.1 Å². The minimum absolute atomic E-state index is 0.0680. The minimum atomic E-state index is -0.796. The molecule has 4 rings (SSSR count). The highest BCUT2D eigenvalue weighted by Gasteiger charge is 2.60. The first-order chi connectivity index (χ1) is 21.3. The van der Waals surface area contributed by atoms with Crippen LogP contribution >= 0.6 is 0 Å². The molecule has 0 heterocycles. The Morgan fingerprint density at radius 1 is 0.761 bits per heavy atom. The molecule has 0 amide bonds. The Kier molecular flexibility index (Phi) is 11.7. The molecule has 10 atom stereocenters. The van der Waals surface area contributed by atoms with Crippen LogP contribution in [0.3, 0.4) is 0 Å². The number of unbranched alkanes of at least 4 members (excludes halogenated alkanes) is 1. The van der Waals surface area contributed by atoms with Gasteiger partial charge < -0.3 is 19.9 Å². The molecule has 0 aliphatic heterocycles. The van der Waals surface area contributed by atoms with Crippen molar-refractivity contribution in [3.05, 3.63) is 0 Å². The third-order valence-corrected chi connectivity index (χ3v) is 12.8. The standard InChI is InChI=1S/C39H67NO6/c1-25(12-10-11-13-33(41)45-36(2,3)4)29-16-17-30-28-15-14-26-24-27(20-22-38(26,8)31(28)21-23-39(29,30)9)44-35(43)32(40)18-19-34(42)46-37(5,6)7/h25-32H,10-24,40H2,1-9H3/t25-,26?,27-,28?,29?,30?,31?,32+,38?,39?/m1/s1. The molecule has 4 saturated carbocycles. The Morgan fingerprint density at radius 3 is 2.02 bits per heavy atom. The number of nitrogens with two attached hydrogens (primary N) is 1. The average molecular weight is 646 g/mol. The van der Waals surface area contributed by atoms with Gasteiger partial charge in [0, 0.05) is 12.8 Å². The molecule has 0 saturated heterocycles. The molecule has 4 aliphatic carbocycles. The van der Waals surface area contributed by atoms with Gasteiger partial charge in [-0.2, -0.15) is 0 Å². The van der Waals surface area contributed by atoms with E-state index in [0.717, 1.165) is 55.8 Å². The molecule has 2 N–H and O–H groups in total. The van der Waals surface area contributed by atoms with Crippen molar-refractivity contribution in [2.45, 2.75) is 182 Å². The minimum Gasteiger partial charge on any atom is -0.461 e. The van der Waals surface area contributed by atoms with Gasteiger partial charge in [0.05, 0.1) is 0 Å². The second kappa shape index (κ2) is 14.5. The molecule has 0 aromatic carbocycles. The van der Waals surface area contributed by atoms with Crippen LogP contribution < -0.4 is 5.73 Å². The number of hydrogen-bond acceptors (Lipinski definition) is 7. The molecule has 7 nitrogen and oxygen atoms in total. The van der Waals surface area contributed by atoms with E-state index in [1.54, 1.807) is 0 Å². The van der Waals surface area contributed by atoms with Crippen molar-refractivity contribution in [3.63, 3.8) is 0 Å². The molecular formula is C39H67NO6. The lowest BCUT2D eigenvalue weighted by atomic mass is 9.44. The van der Waals surface area contributed by atoms with Crippen LogP contribution in [-0.4, -0.2) is 41.3 Å². The molecule has 4 fully saturated rings. The smallest absolute Gasteiger partial charge is 0.323 e. The predicted molar refractivity (Wildman–Crippen MR) is 182 cm³/mol. The van der Waals surface area contributed by atoms with Crippen LogP contribution in [0.5, 0.6) is 0 Å². The summed E-state index contributed by atoms with van der Waals surface area (Å²) in [5, 5.41) is 0. The summed E-state index contributed by atoms with van der Waals surface area (Å²) in [5.41, 5.74) is 5.95. The van der Waals surface area contributed by atoms with Gasteiger partial charge in [-0.05, 0) is 159 Å². The first kappa shape index (κ1) is 37.2. The maximum Gasteiger partial charge on any atom is 0.323 e. The molecule has 46 heavy (non-hydrogen) atoms. The van der Waals surface area contributed by atoms with Gasteiger partial charge in [0.1, 0.15) is 23.3 Å². The van der Waals surface area contributed by atoms with Crippen molar-refractivity contribution >= 4 is 17.9 Å². The van der Waals surface area contributed by atoms with Crippen molar-refractivity contribution in [1.82, 2.24) is 0 Å². The topological polar surface area (TPSA) is 105 Å². The van der Waals surface area contributed by atoms with Crippen LogP contribution in [-0.2, 0) is 28.6 Å². The number of esters is 3. The molecule has 0 aromatic heterocycles. The van der Waals surface area contributed by atoms with E-state index in [1.165, 1.54) is 44.9 Å². The Balaban J connectivity index is 1.26. The molecule has 4 aliphatic rings. The molecule has 0 spiro atoms. The summed E-state index contributed by atoms with van der Waals surface area (Å²) in [6.45, 7) is 19.0. The van der Waals surface area contributed by atoms with Gasteiger partial charge in [-0.1, -0.05) is 33.6 Å². The second-order valence-corrected chi connectivity index (χ2v) is 18.3. The summed E-state index contributed by atoms with van der Waals surface area (Å²) in [7, 11) is 0. The fourth-order valence-corrected chi connectivity index (χ4v) is 10.7. The number of hydrogen-bond donors (Lipinski definition) is 1. The maximum absolute atomic E-state index is 12.9. The normalized spacial score (nSPS) is 35.6. The van der Waals surface area contributed by atoms with Crippen molar-refractivity contribution in [2.75, 3.05) is 0 Å². The fourth-order valence-electron chi connectivity index (χ4n) is 10.7. The highest BCUT2D eigenvalue weighted by atomic mass is 16.6. The summed E-state index contributed by atoms with van der Waals surface area (Å²) < 4.78 is 16.8. The van der Waals surface area contributed by atoms with E-state index in [2.05, 4.69) is 20.8 Å². The van der Waals surface area contributed by atoms with Gasteiger partial charge in [0.15, 0.2) is 0 Å². The van der Waals surface area contributed by atoms with E-state index >= 15 is 0 Å². The van der Waals surface area contributed by atoms with Gasteiger partial charge in [-0.3, -0.25) is 14.4 Å². The van der Waals surface area contributed by atoms with Gasteiger partial charge in [0.2, 0.25) is 0 Å². The van der Waals surface area contributed by atoms with Crippen LogP contribution in [0.25, 0.3) is 0 Å². The molecular weight excluding hydrogens is 578 g/mol. The lowest BCUT2D eigenvalue weighted by Crippen LogP contribution is -2.54. The predicted octanol–water partition coefficient (Wildman–Crippen LogP) is 8.54. The van der Waals surface area contributed by atoms with E-state index in [0.29, 0.717) is 29.1 Å². The number of ether oxygens (including phenoxy) is 3.